The van der Waals surface area contributed by atoms with Crippen molar-refractivity contribution < 1.29 is 28.0 Å². The summed E-state index contributed by atoms with van der Waals surface area (Å²) >= 11 is 0. The third-order valence-electron chi connectivity index (χ3n) is 7.43. The molecule has 1 atom stereocenters. The average molecular weight is 469 g/mol. The van der Waals surface area contributed by atoms with Crippen molar-refractivity contribution in [1.29, 1.82) is 0 Å². The van der Waals surface area contributed by atoms with Crippen molar-refractivity contribution in [3.63, 3.8) is 0 Å². The second-order valence-electron chi connectivity index (χ2n) is 10.1. The Bertz CT molecular complexity index is 1160. The maximum Gasteiger partial charge on any atom is 0.494 e. The number of rotatable bonds is 5. The van der Waals surface area contributed by atoms with E-state index in [1.54, 1.807) is 19.3 Å². The standard InChI is InChI=1S/C24H29BFN3O5/c1-6-32-22(31)20(19-18-8-7-9-28(18)13-27-19)29-12-16-15(21(29)30)10-14(11-17(16)26)25-33-23(2,3)24(4,5)34-25/h10-11,13,20H,6-9,12H2,1-5H3. The molecule has 0 bridgehead atoms. The van der Waals surface area contributed by atoms with Crippen molar-refractivity contribution in [3.8, 4) is 0 Å². The highest BCUT2D eigenvalue weighted by Gasteiger charge is 2.52. The number of benzene rings is 1. The van der Waals surface area contributed by atoms with Gasteiger partial charge in [0.1, 0.15) is 5.82 Å². The van der Waals surface area contributed by atoms with Gasteiger partial charge in [0.05, 0.1) is 36.4 Å². The molecule has 0 spiro atoms. The van der Waals surface area contributed by atoms with Gasteiger partial charge in [-0.25, -0.2) is 14.2 Å². The first-order chi connectivity index (χ1) is 16.0. The second-order valence-corrected chi connectivity index (χ2v) is 10.1. The first kappa shape index (κ1) is 23.0. The molecule has 0 N–H and O–H groups in total. The van der Waals surface area contributed by atoms with E-state index < -0.39 is 42.1 Å². The minimum atomic E-state index is -1.03. The highest BCUT2D eigenvalue weighted by atomic mass is 19.1. The predicted molar refractivity (Wildman–Crippen MR) is 122 cm³/mol. The van der Waals surface area contributed by atoms with Crippen molar-refractivity contribution in [2.45, 2.75) is 77.8 Å². The van der Waals surface area contributed by atoms with Crippen molar-refractivity contribution in [2.75, 3.05) is 6.61 Å². The summed E-state index contributed by atoms with van der Waals surface area (Å²) in [6, 6.07) is 1.93. The number of amides is 1. The van der Waals surface area contributed by atoms with Gasteiger partial charge < -0.3 is 23.5 Å². The van der Waals surface area contributed by atoms with Crippen molar-refractivity contribution in [1.82, 2.24) is 14.5 Å². The Morgan fingerprint density at radius 3 is 2.65 bits per heavy atom. The smallest absolute Gasteiger partial charge is 0.464 e. The van der Waals surface area contributed by atoms with Gasteiger partial charge in [0, 0.05) is 23.4 Å². The molecule has 1 amide bonds. The zero-order valence-corrected chi connectivity index (χ0v) is 20.2. The van der Waals surface area contributed by atoms with E-state index in [-0.39, 0.29) is 24.3 Å². The number of halogens is 1. The number of aromatic nitrogens is 2. The number of imidazole rings is 1. The molecule has 3 aliphatic heterocycles. The van der Waals surface area contributed by atoms with E-state index in [9.17, 15) is 9.59 Å². The van der Waals surface area contributed by atoms with E-state index in [0.717, 1.165) is 25.1 Å². The summed E-state index contributed by atoms with van der Waals surface area (Å²) in [5.74, 6) is -1.54. The summed E-state index contributed by atoms with van der Waals surface area (Å²) in [5.41, 5.74) is 1.11. The van der Waals surface area contributed by atoms with E-state index in [1.807, 2.05) is 32.3 Å². The maximum atomic E-state index is 15.3. The van der Waals surface area contributed by atoms with Gasteiger partial charge in [0.2, 0.25) is 0 Å². The molecule has 10 heteroatoms. The van der Waals surface area contributed by atoms with E-state index in [0.29, 0.717) is 11.2 Å². The molecule has 180 valence electrons. The molecule has 34 heavy (non-hydrogen) atoms. The molecular weight excluding hydrogens is 440 g/mol. The quantitative estimate of drug-likeness (QED) is 0.495. The van der Waals surface area contributed by atoms with Crippen LogP contribution in [-0.2, 0) is 38.4 Å². The molecule has 1 aromatic heterocycles. The van der Waals surface area contributed by atoms with Gasteiger partial charge in [-0.05, 0) is 65.1 Å². The third kappa shape index (κ3) is 3.46. The van der Waals surface area contributed by atoms with Crippen LogP contribution in [0.3, 0.4) is 0 Å². The van der Waals surface area contributed by atoms with E-state index in [1.165, 1.54) is 11.0 Å². The molecule has 1 unspecified atom stereocenters. The molecule has 1 saturated heterocycles. The number of fused-ring (bicyclic) bond motifs is 2. The number of hydrogen-bond acceptors (Lipinski definition) is 6. The normalized spacial score (nSPS) is 21.1. The number of ether oxygens (including phenoxy) is 1. The van der Waals surface area contributed by atoms with E-state index in [2.05, 4.69) is 4.98 Å². The van der Waals surface area contributed by atoms with E-state index >= 15 is 4.39 Å². The van der Waals surface area contributed by atoms with Gasteiger partial charge in [-0.3, -0.25) is 4.79 Å². The Hall–Kier alpha value is -2.72. The fraction of sp³-hybridized carbons (Fsp3) is 0.542. The Labute approximate surface area is 198 Å². The summed E-state index contributed by atoms with van der Waals surface area (Å²) in [6.07, 6.45) is 3.40. The molecule has 1 fully saturated rings. The minimum Gasteiger partial charge on any atom is -0.464 e. The average Bonchev–Trinajstić information content (AvgIpc) is 3.48. The lowest BCUT2D eigenvalue weighted by Gasteiger charge is -2.32. The highest BCUT2D eigenvalue weighted by Crippen LogP contribution is 2.38. The van der Waals surface area contributed by atoms with Crippen LogP contribution in [0.1, 0.15) is 74.4 Å². The fourth-order valence-corrected chi connectivity index (χ4v) is 4.87. The number of aryl methyl sites for hydroxylation is 1. The number of nitrogens with zero attached hydrogens (tertiary/aromatic N) is 3. The number of carbonyl (C=O) groups excluding carboxylic acids is 2. The minimum absolute atomic E-state index is 0.0422. The summed E-state index contributed by atoms with van der Waals surface area (Å²) < 4.78 is 34.7. The molecule has 8 nitrogen and oxygen atoms in total. The Morgan fingerprint density at radius 2 is 1.97 bits per heavy atom. The van der Waals surface area contributed by atoms with Crippen LogP contribution in [0, 0.1) is 5.82 Å². The van der Waals surface area contributed by atoms with Crippen LogP contribution < -0.4 is 5.46 Å². The number of carbonyl (C=O) groups is 2. The summed E-state index contributed by atoms with van der Waals surface area (Å²) in [6.45, 7) is 10.3. The van der Waals surface area contributed by atoms with Gasteiger partial charge >= 0.3 is 13.1 Å². The first-order valence-electron chi connectivity index (χ1n) is 11.7. The Kier molecular flexibility index (Phi) is 5.36. The highest BCUT2D eigenvalue weighted by molar-refractivity contribution is 6.62. The fourth-order valence-electron chi connectivity index (χ4n) is 4.87. The third-order valence-corrected chi connectivity index (χ3v) is 7.43. The van der Waals surface area contributed by atoms with Gasteiger partial charge in [0.25, 0.3) is 5.91 Å². The lowest BCUT2D eigenvalue weighted by Crippen LogP contribution is -2.41. The number of esters is 1. The second kappa shape index (κ2) is 7.91. The van der Waals surface area contributed by atoms with Gasteiger partial charge in [-0.15, -0.1) is 0 Å². The molecule has 5 rings (SSSR count). The Morgan fingerprint density at radius 1 is 1.26 bits per heavy atom. The molecule has 0 saturated carbocycles. The monoisotopic (exact) mass is 469 g/mol. The lowest BCUT2D eigenvalue weighted by atomic mass is 9.77. The topological polar surface area (TPSA) is 82.9 Å². The molecule has 0 aliphatic carbocycles. The van der Waals surface area contributed by atoms with Crippen LogP contribution in [0.2, 0.25) is 0 Å². The van der Waals surface area contributed by atoms with Crippen LogP contribution >= 0.6 is 0 Å². The van der Waals surface area contributed by atoms with Crippen molar-refractivity contribution in [3.05, 3.63) is 46.8 Å². The number of hydrogen-bond donors (Lipinski definition) is 0. The maximum absolute atomic E-state index is 15.3. The first-order valence-corrected chi connectivity index (χ1v) is 11.7. The van der Waals surface area contributed by atoms with Crippen LogP contribution in [-0.4, -0.2) is 51.3 Å². The molecule has 4 heterocycles. The largest absolute Gasteiger partial charge is 0.494 e. The predicted octanol–water partition coefficient (Wildman–Crippen LogP) is 2.53. The SMILES string of the molecule is CCOC(=O)C(c1ncn2c1CCC2)N1Cc2c(F)cc(B3OC(C)(C)C(C)(C)O3)cc2C1=O. The molecule has 0 radical (unpaired) electrons. The Balaban J connectivity index is 1.50. The van der Waals surface area contributed by atoms with Gasteiger partial charge in [0.15, 0.2) is 6.04 Å². The lowest BCUT2D eigenvalue weighted by molar-refractivity contribution is -0.149. The molecular formula is C24H29BFN3O5. The van der Waals surface area contributed by atoms with Gasteiger partial charge in [-0.1, -0.05) is 0 Å². The molecule has 1 aromatic carbocycles. The summed E-state index contributed by atoms with van der Waals surface area (Å²) in [4.78, 5) is 32.4. The molecule has 3 aliphatic rings. The van der Waals surface area contributed by atoms with Gasteiger partial charge in [-0.2, -0.15) is 0 Å². The summed E-state index contributed by atoms with van der Waals surface area (Å²) in [5, 5.41) is 0. The zero-order chi connectivity index (χ0) is 24.4. The van der Waals surface area contributed by atoms with Crippen LogP contribution in [0.5, 0.6) is 0 Å². The van der Waals surface area contributed by atoms with Crippen LogP contribution in [0.25, 0.3) is 0 Å². The van der Waals surface area contributed by atoms with Crippen molar-refractivity contribution in [2.24, 2.45) is 0 Å². The van der Waals surface area contributed by atoms with E-state index in [4.69, 9.17) is 14.0 Å². The zero-order valence-electron chi connectivity index (χ0n) is 20.2. The van der Waals surface area contributed by atoms with Crippen molar-refractivity contribution >= 4 is 24.5 Å². The summed E-state index contributed by atoms with van der Waals surface area (Å²) in [7, 11) is -0.802. The van der Waals surface area contributed by atoms with Crippen LogP contribution in [0.4, 0.5) is 4.39 Å². The van der Waals surface area contributed by atoms with Crippen LogP contribution in [0.15, 0.2) is 18.5 Å². The molecule has 2 aromatic rings.